The first-order valence-corrected chi connectivity index (χ1v) is 7.15. The van der Waals surface area contributed by atoms with E-state index in [0.29, 0.717) is 6.42 Å². The van der Waals surface area contributed by atoms with Crippen molar-refractivity contribution < 1.29 is 19.4 Å². The van der Waals surface area contributed by atoms with Crippen LogP contribution in [0.15, 0.2) is 11.6 Å². The van der Waals surface area contributed by atoms with Crippen LogP contribution in [0.5, 0.6) is 0 Å². The van der Waals surface area contributed by atoms with Crippen LogP contribution in [0.25, 0.3) is 0 Å². The molecule has 19 heavy (non-hydrogen) atoms. The normalized spacial score (nSPS) is 58.6. The molecule has 4 heteroatoms. The zero-order chi connectivity index (χ0) is 13.6. The minimum atomic E-state index is -0.519. The zero-order valence-corrected chi connectivity index (χ0v) is 11.6. The van der Waals surface area contributed by atoms with E-state index >= 15 is 0 Å². The molecule has 7 atom stereocenters. The van der Waals surface area contributed by atoms with Crippen LogP contribution >= 0.6 is 0 Å². The monoisotopic (exact) mass is 264 g/mol. The summed E-state index contributed by atoms with van der Waals surface area (Å²) in [6.45, 7) is 6.05. The predicted molar refractivity (Wildman–Crippen MR) is 67.2 cm³/mol. The van der Waals surface area contributed by atoms with E-state index in [4.69, 9.17) is 9.47 Å². The van der Waals surface area contributed by atoms with Crippen molar-refractivity contribution >= 4 is 5.97 Å². The van der Waals surface area contributed by atoms with Gasteiger partial charge >= 0.3 is 5.97 Å². The van der Waals surface area contributed by atoms with Crippen LogP contribution in [0, 0.1) is 17.8 Å². The molecule has 3 fully saturated rings. The number of hydrogen-bond donors (Lipinski definition) is 1. The van der Waals surface area contributed by atoms with Gasteiger partial charge in [0.25, 0.3) is 0 Å². The smallest absolute Gasteiger partial charge is 0.309 e. The average molecular weight is 264 g/mol. The molecule has 2 heterocycles. The quantitative estimate of drug-likeness (QED) is 0.408. The summed E-state index contributed by atoms with van der Waals surface area (Å²) in [5, 5.41) is 10.5. The van der Waals surface area contributed by atoms with Crippen LogP contribution in [0.4, 0.5) is 0 Å². The fourth-order valence-electron chi connectivity index (χ4n) is 4.84. The second-order valence-electron chi connectivity index (χ2n) is 6.89. The molecule has 1 spiro atoms. The number of carbonyl (C=O) groups is 1. The Kier molecular flexibility index (Phi) is 2.03. The molecule has 2 aliphatic heterocycles. The number of hydrogen-bond acceptors (Lipinski definition) is 4. The Labute approximate surface area is 112 Å². The Bertz CT molecular complexity index is 498. The number of epoxide rings is 1. The van der Waals surface area contributed by atoms with E-state index in [9.17, 15) is 9.90 Å². The highest BCUT2D eigenvalue weighted by molar-refractivity contribution is 5.75. The third-order valence-corrected chi connectivity index (χ3v) is 5.93. The second-order valence-corrected chi connectivity index (χ2v) is 6.89. The Balaban J connectivity index is 1.82. The zero-order valence-electron chi connectivity index (χ0n) is 11.6. The van der Waals surface area contributed by atoms with Crippen molar-refractivity contribution in [2.45, 2.75) is 57.0 Å². The number of esters is 1. The summed E-state index contributed by atoms with van der Waals surface area (Å²) in [7, 11) is 0. The first-order chi connectivity index (χ1) is 8.90. The summed E-state index contributed by atoms with van der Waals surface area (Å²) >= 11 is 0. The van der Waals surface area contributed by atoms with Gasteiger partial charge in [0.15, 0.2) is 0 Å². The third kappa shape index (κ3) is 1.20. The van der Waals surface area contributed by atoms with Crippen molar-refractivity contribution in [3.63, 3.8) is 0 Å². The highest BCUT2D eigenvalue weighted by Crippen LogP contribution is 2.67. The van der Waals surface area contributed by atoms with Gasteiger partial charge in [0.05, 0.1) is 17.6 Å². The van der Waals surface area contributed by atoms with Gasteiger partial charge in [0.1, 0.15) is 11.7 Å². The minimum Gasteiger partial charge on any atom is -0.461 e. The molecule has 4 rings (SSSR count). The van der Waals surface area contributed by atoms with Crippen LogP contribution in [0.1, 0.15) is 33.6 Å². The van der Waals surface area contributed by atoms with E-state index in [1.54, 1.807) is 0 Å². The molecule has 0 radical (unpaired) electrons. The molecule has 0 unspecified atom stereocenters. The van der Waals surface area contributed by atoms with Gasteiger partial charge < -0.3 is 14.6 Å². The van der Waals surface area contributed by atoms with Gasteiger partial charge in [-0.25, -0.2) is 0 Å². The van der Waals surface area contributed by atoms with Gasteiger partial charge in [-0.15, -0.1) is 0 Å². The van der Waals surface area contributed by atoms with E-state index in [2.05, 4.69) is 19.9 Å². The van der Waals surface area contributed by atoms with Gasteiger partial charge in [-0.1, -0.05) is 18.6 Å². The van der Waals surface area contributed by atoms with Crippen LogP contribution in [-0.4, -0.2) is 34.5 Å². The molecular formula is C15H20O4. The van der Waals surface area contributed by atoms with E-state index in [-0.39, 0.29) is 41.0 Å². The molecule has 1 N–H and O–H groups in total. The Morgan fingerprint density at radius 2 is 2.21 bits per heavy atom. The van der Waals surface area contributed by atoms with Crippen molar-refractivity contribution in [2.75, 3.05) is 0 Å². The minimum absolute atomic E-state index is 0.0935. The van der Waals surface area contributed by atoms with Crippen molar-refractivity contribution in [3.8, 4) is 0 Å². The molecule has 1 saturated carbocycles. The average Bonchev–Trinajstić information content (AvgIpc) is 2.58. The molecular weight excluding hydrogens is 244 g/mol. The van der Waals surface area contributed by atoms with Gasteiger partial charge in [-0.2, -0.15) is 0 Å². The summed E-state index contributed by atoms with van der Waals surface area (Å²) in [4.78, 5) is 11.9. The van der Waals surface area contributed by atoms with Crippen molar-refractivity contribution in [2.24, 2.45) is 17.8 Å². The largest absolute Gasteiger partial charge is 0.461 e. The number of aliphatic hydroxyl groups is 1. The lowest BCUT2D eigenvalue weighted by atomic mass is 9.77. The maximum atomic E-state index is 11.9. The standard InChI is InChI=1S/C15H20O4/c1-7-4-5-15-11(7)12-10(8(2)13(17)18-12)9(16)6-14(15,3)19-15/h4,8-12,16H,5-6H2,1-3H3/t8-,9-,10+,11+,12-,14-,15+/m0/s1. The summed E-state index contributed by atoms with van der Waals surface area (Å²) in [5.74, 6) is -0.364. The molecule has 0 aromatic rings. The SMILES string of the molecule is CC1=CC[C@]23O[C@@]2(C)C[C@H](O)[C@@H]2[C@H](OC(=O)[C@H]2C)[C@@H]13. The first kappa shape index (κ1) is 11.9. The summed E-state index contributed by atoms with van der Waals surface area (Å²) < 4.78 is 11.7. The lowest BCUT2D eigenvalue weighted by Gasteiger charge is -2.29. The molecule has 2 aliphatic carbocycles. The van der Waals surface area contributed by atoms with E-state index in [0.717, 1.165) is 6.42 Å². The highest BCUT2D eigenvalue weighted by atomic mass is 16.6. The van der Waals surface area contributed by atoms with Crippen molar-refractivity contribution in [1.82, 2.24) is 0 Å². The molecule has 0 aromatic heterocycles. The van der Waals surface area contributed by atoms with E-state index in [1.165, 1.54) is 5.57 Å². The number of ether oxygens (including phenoxy) is 2. The van der Waals surface area contributed by atoms with Crippen LogP contribution in [-0.2, 0) is 14.3 Å². The maximum Gasteiger partial charge on any atom is 0.309 e. The predicted octanol–water partition coefficient (Wildman–Crippen LogP) is 1.42. The molecule has 4 nitrogen and oxygen atoms in total. The lowest BCUT2D eigenvalue weighted by Crippen LogP contribution is -2.39. The molecule has 0 bridgehead atoms. The van der Waals surface area contributed by atoms with Crippen LogP contribution < -0.4 is 0 Å². The third-order valence-electron chi connectivity index (χ3n) is 5.93. The topological polar surface area (TPSA) is 59.1 Å². The van der Waals surface area contributed by atoms with Crippen molar-refractivity contribution in [3.05, 3.63) is 11.6 Å². The number of fused-ring (bicyclic) bond motifs is 2. The van der Waals surface area contributed by atoms with Gasteiger partial charge in [0.2, 0.25) is 0 Å². The summed E-state index contributed by atoms with van der Waals surface area (Å²) in [6, 6.07) is 0. The highest BCUT2D eigenvalue weighted by Gasteiger charge is 2.77. The Morgan fingerprint density at radius 1 is 1.47 bits per heavy atom. The second kappa shape index (κ2) is 3.23. The van der Waals surface area contributed by atoms with Crippen LogP contribution in [0.3, 0.4) is 0 Å². The molecule has 104 valence electrons. The van der Waals surface area contributed by atoms with Gasteiger partial charge in [0, 0.05) is 18.3 Å². The molecule has 0 amide bonds. The Morgan fingerprint density at radius 3 is 2.95 bits per heavy atom. The fraction of sp³-hybridized carbons (Fsp3) is 0.800. The molecule has 2 saturated heterocycles. The summed E-state index contributed by atoms with van der Waals surface area (Å²) in [5.41, 5.74) is 0.749. The fourth-order valence-corrected chi connectivity index (χ4v) is 4.84. The maximum absolute atomic E-state index is 11.9. The van der Waals surface area contributed by atoms with Gasteiger partial charge in [-0.05, 0) is 20.3 Å². The van der Waals surface area contributed by atoms with Crippen molar-refractivity contribution in [1.29, 1.82) is 0 Å². The summed E-state index contributed by atoms with van der Waals surface area (Å²) in [6.07, 6.45) is 2.95. The number of aliphatic hydroxyl groups excluding tert-OH is 1. The van der Waals surface area contributed by atoms with E-state index in [1.807, 2.05) is 6.92 Å². The number of rotatable bonds is 0. The number of carbonyl (C=O) groups excluding carboxylic acids is 1. The first-order valence-electron chi connectivity index (χ1n) is 7.15. The molecule has 4 aliphatic rings. The van der Waals surface area contributed by atoms with E-state index < -0.39 is 6.10 Å². The van der Waals surface area contributed by atoms with Gasteiger partial charge in [-0.3, -0.25) is 4.79 Å². The Hall–Kier alpha value is -0.870. The lowest BCUT2D eigenvalue weighted by molar-refractivity contribution is -0.145. The molecule has 0 aromatic carbocycles. The van der Waals surface area contributed by atoms with Crippen LogP contribution in [0.2, 0.25) is 0 Å².